The number of nitrogens with zero attached hydrogens (tertiary/aromatic N) is 1. The number of hydroxylamine groups is 2. The molecule has 3 nitrogen and oxygen atoms in total. The van der Waals surface area contributed by atoms with Gasteiger partial charge in [-0.05, 0) is 60.4 Å². The van der Waals surface area contributed by atoms with Gasteiger partial charge in [0.2, 0.25) is 0 Å². The fraction of sp³-hybridized carbons (Fsp3) is 0.217. The van der Waals surface area contributed by atoms with Crippen molar-refractivity contribution in [1.29, 1.82) is 0 Å². The van der Waals surface area contributed by atoms with Gasteiger partial charge in [0.25, 0.3) is 0 Å². The first-order valence-electron chi connectivity index (χ1n) is 8.89. The Morgan fingerprint density at radius 2 is 1.62 bits per heavy atom. The highest BCUT2D eigenvalue weighted by atomic mass is 16.7. The molecule has 4 rings (SSSR count). The number of aryl methyl sites for hydroxylation is 2. The summed E-state index contributed by atoms with van der Waals surface area (Å²) in [5.74, 6) is 1.81. The Balaban J connectivity index is 1.75. The Morgan fingerprint density at radius 1 is 0.923 bits per heavy atom. The summed E-state index contributed by atoms with van der Waals surface area (Å²) >= 11 is 0. The molecular formula is C23H23NO2. The number of methoxy groups -OCH3 is 1. The van der Waals surface area contributed by atoms with Gasteiger partial charge in [-0.15, -0.1) is 5.06 Å². The summed E-state index contributed by atoms with van der Waals surface area (Å²) in [6.45, 7) is 5.01. The lowest BCUT2D eigenvalue weighted by Crippen LogP contribution is -2.26. The highest BCUT2D eigenvalue weighted by molar-refractivity contribution is 5.49. The van der Waals surface area contributed by atoms with Gasteiger partial charge in [-0.1, -0.05) is 42.5 Å². The Kier molecular flexibility index (Phi) is 4.39. The molecule has 0 aromatic heterocycles. The summed E-state index contributed by atoms with van der Waals surface area (Å²) in [6.07, 6.45) is 0. The molecule has 0 fully saturated rings. The molecule has 0 bridgehead atoms. The first-order valence-corrected chi connectivity index (χ1v) is 8.89. The molecule has 1 aliphatic heterocycles. The standard InChI is InChI=1S/C23H23NO2/c1-16-13-21-22(14-17(16)2)26-24(15-18-7-5-4-6-8-18)23(21)19-9-11-20(25-3)12-10-19/h4-14,23H,15H2,1-3H3. The van der Waals surface area contributed by atoms with Gasteiger partial charge in [-0.2, -0.15) is 0 Å². The molecule has 1 unspecified atom stereocenters. The number of fused-ring (bicyclic) bond motifs is 1. The molecular weight excluding hydrogens is 322 g/mol. The molecule has 26 heavy (non-hydrogen) atoms. The van der Waals surface area contributed by atoms with Crippen molar-refractivity contribution in [3.05, 3.63) is 94.5 Å². The molecule has 0 spiro atoms. The van der Waals surface area contributed by atoms with Crippen molar-refractivity contribution >= 4 is 0 Å². The lowest BCUT2D eigenvalue weighted by molar-refractivity contribution is -0.0683. The molecule has 0 saturated carbocycles. The summed E-state index contributed by atoms with van der Waals surface area (Å²) in [5, 5.41) is 2.07. The first kappa shape index (κ1) is 16.7. The Labute approximate surface area is 154 Å². The highest BCUT2D eigenvalue weighted by Crippen LogP contribution is 2.43. The van der Waals surface area contributed by atoms with Crippen molar-refractivity contribution in [2.45, 2.75) is 26.4 Å². The van der Waals surface area contributed by atoms with Crippen LogP contribution in [0.5, 0.6) is 11.5 Å². The van der Waals surface area contributed by atoms with E-state index in [1.165, 1.54) is 27.8 Å². The van der Waals surface area contributed by atoms with E-state index < -0.39 is 0 Å². The van der Waals surface area contributed by atoms with Crippen molar-refractivity contribution in [3.8, 4) is 11.5 Å². The van der Waals surface area contributed by atoms with Crippen LogP contribution in [0.1, 0.15) is 33.9 Å². The summed E-state index contributed by atoms with van der Waals surface area (Å²) in [4.78, 5) is 6.27. The maximum Gasteiger partial charge on any atom is 0.153 e. The largest absolute Gasteiger partial charge is 0.497 e. The minimum Gasteiger partial charge on any atom is -0.497 e. The molecule has 132 valence electrons. The maximum atomic E-state index is 6.27. The lowest BCUT2D eigenvalue weighted by Gasteiger charge is -2.23. The van der Waals surface area contributed by atoms with Crippen LogP contribution in [0.4, 0.5) is 0 Å². The van der Waals surface area contributed by atoms with E-state index in [2.05, 4.69) is 67.4 Å². The van der Waals surface area contributed by atoms with Crippen LogP contribution in [0.15, 0.2) is 66.7 Å². The average molecular weight is 345 g/mol. The number of hydrogen-bond donors (Lipinski definition) is 0. The molecule has 0 aliphatic carbocycles. The summed E-state index contributed by atoms with van der Waals surface area (Å²) in [7, 11) is 1.69. The zero-order chi connectivity index (χ0) is 18.1. The molecule has 0 amide bonds. The van der Waals surface area contributed by atoms with Crippen LogP contribution in [0.3, 0.4) is 0 Å². The molecule has 1 aliphatic rings. The maximum absolute atomic E-state index is 6.27. The van der Waals surface area contributed by atoms with Gasteiger partial charge in [0.05, 0.1) is 19.7 Å². The van der Waals surface area contributed by atoms with Crippen LogP contribution >= 0.6 is 0 Å². The van der Waals surface area contributed by atoms with Crippen LogP contribution in [-0.4, -0.2) is 12.2 Å². The Bertz CT molecular complexity index is 903. The third-order valence-corrected chi connectivity index (χ3v) is 5.04. The second-order valence-electron chi connectivity index (χ2n) is 6.80. The molecule has 3 aromatic rings. The summed E-state index contributed by atoms with van der Waals surface area (Å²) in [6, 6.07) is 23.2. The SMILES string of the molecule is COc1ccc(C2c3cc(C)c(C)cc3ON2Cc2ccccc2)cc1. The van der Waals surface area contributed by atoms with Crippen LogP contribution in [-0.2, 0) is 6.54 Å². The summed E-state index contributed by atoms with van der Waals surface area (Å²) < 4.78 is 5.31. The predicted octanol–water partition coefficient (Wildman–Crippen LogP) is 5.21. The molecule has 3 heteroatoms. The Hall–Kier alpha value is -2.78. The molecule has 1 heterocycles. The highest BCUT2D eigenvalue weighted by Gasteiger charge is 2.34. The summed E-state index contributed by atoms with van der Waals surface area (Å²) in [5.41, 5.74) is 6.18. The zero-order valence-corrected chi connectivity index (χ0v) is 15.4. The molecule has 0 radical (unpaired) electrons. The van der Waals surface area contributed by atoms with E-state index in [4.69, 9.17) is 9.57 Å². The van der Waals surface area contributed by atoms with Crippen LogP contribution in [0.25, 0.3) is 0 Å². The average Bonchev–Trinajstić information content (AvgIpc) is 2.99. The number of ether oxygens (including phenoxy) is 1. The van der Waals surface area contributed by atoms with Crippen LogP contribution in [0, 0.1) is 13.8 Å². The molecule has 3 aromatic carbocycles. The molecule has 0 saturated heterocycles. The van der Waals surface area contributed by atoms with E-state index >= 15 is 0 Å². The van der Waals surface area contributed by atoms with Crippen molar-refractivity contribution < 1.29 is 9.57 Å². The van der Waals surface area contributed by atoms with Crippen molar-refractivity contribution in [3.63, 3.8) is 0 Å². The monoisotopic (exact) mass is 345 g/mol. The van der Waals surface area contributed by atoms with Crippen molar-refractivity contribution in [2.24, 2.45) is 0 Å². The third-order valence-electron chi connectivity index (χ3n) is 5.04. The van der Waals surface area contributed by atoms with E-state index in [0.29, 0.717) is 0 Å². The minimum atomic E-state index is 0.0652. The smallest absolute Gasteiger partial charge is 0.153 e. The van der Waals surface area contributed by atoms with Gasteiger partial charge >= 0.3 is 0 Å². The van der Waals surface area contributed by atoms with Crippen LogP contribution < -0.4 is 9.57 Å². The topological polar surface area (TPSA) is 21.7 Å². The fourth-order valence-electron chi connectivity index (χ4n) is 3.46. The number of benzene rings is 3. The van der Waals surface area contributed by atoms with Gasteiger partial charge in [0.1, 0.15) is 5.75 Å². The van der Waals surface area contributed by atoms with Gasteiger partial charge in [0.15, 0.2) is 5.75 Å². The van der Waals surface area contributed by atoms with E-state index in [0.717, 1.165) is 18.0 Å². The van der Waals surface area contributed by atoms with Gasteiger partial charge in [-0.3, -0.25) is 0 Å². The van der Waals surface area contributed by atoms with E-state index in [1.807, 2.05) is 18.2 Å². The quantitative estimate of drug-likeness (QED) is 0.648. The van der Waals surface area contributed by atoms with Gasteiger partial charge < -0.3 is 9.57 Å². The van der Waals surface area contributed by atoms with E-state index in [9.17, 15) is 0 Å². The normalized spacial score (nSPS) is 16.2. The zero-order valence-electron chi connectivity index (χ0n) is 15.4. The van der Waals surface area contributed by atoms with Crippen molar-refractivity contribution in [1.82, 2.24) is 5.06 Å². The Morgan fingerprint density at radius 3 is 2.31 bits per heavy atom. The lowest BCUT2D eigenvalue weighted by atomic mass is 9.95. The minimum absolute atomic E-state index is 0.0652. The fourth-order valence-corrected chi connectivity index (χ4v) is 3.46. The molecule has 0 N–H and O–H groups in total. The van der Waals surface area contributed by atoms with Gasteiger partial charge in [0, 0.05) is 5.56 Å². The second kappa shape index (κ2) is 6.85. The molecule has 1 atom stereocenters. The number of rotatable bonds is 4. The third kappa shape index (κ3) is 3.06. The van der Waals surface area contributed by atoms with E-state index in [1.54, 1.807) is 7.11 Å². The van der Waals surface area contributed by atoms with E-state index in [-0.39, 0.29) is 6.04 Å². The first-order chi connectivity index (χ1) is 12.7. The second-order valence-corrected chi connectivity index (χ2v) is 6.80. The van der Waals surface area contributed by atoms with Crippen molar-refractivity contribution in [2.75, 3.05) is 7.11 Å². The number of hydrogen-bond acceptors (Lipinski definition) is 3. The van der Waals surface area contributed by atoms with Gasteiger partial charge in [-0.25, -0.2) is 0 Å². The predicted molar refractivity (Wildman–Crippen MR) is 103 cm³/mol. The van der Waals surface area contributed by atoms with Crippen LogP contribution in [0.2, 0.25) is 0 Å².